The normalized spacial score (nSPS) is 10.7. The van der Waals surface area contributed by atoms with Crippen LogP contribution >= 0.6 is 0 Å². The minimum Gasteiger partial charge on any atom is -1.00 e. The van der Waals surface area contributed by atoms with Crippen LogP contribution in [0.3, 0.4) is 0 Å². The molecule has 1 aromatic carbocycles. The zero-order chi connectivity index (χ0) is 18.7. The number of unbranched alkanes of at least 4 members (excludes halogenated alkanes) is 14. The summed E-state index contributed by atoms with van der Waals surface area (Å²) in [6.45, 7) is 4.59. The van der Waals surface area contributed by atoms with Gasteiger partial charge in [0.05, 0.1) is 0 Å². The summed E-state index contributed by atoms with van der Waals surface area (Å²) in [5, 5.41) is 0. The summed E-state index contributed by atoms with van der Waals surface area (Å²) >= 11 is 0. The zero-order valence-electron chi connectivity index (χ0n) is 20.0. The Morgan fingerprint density at radius 3 is 1.00 bits per heavy atom. The zero-order valence-corrected chi connectivity index (χ0v) is 21.0. The predicted octanol–water partition coefficient (Wildman–Crippen LogP) is 6.17. The molecule has 1 aromatic rings. The maximum atomic E-state index is 2.38. The van der Waals surface area contributed by atoms with Crippen LogP contribution in [0.15, 0.2) is 24.3 Å². The monoisotopic (exact) mass is 382 g/mol. The smallest absolute Gasteiger partial charge is 1.00 e. The molecule has 1 heteroatoms. The van der Waals surface area contributed by atoms with Crippen molar-refractivity contribution in [2.24, 2.45) is 0 Å². The third kappa shape index (κ3) is 16.8. The van der Waals surface area contributed by atoms with Gasteiger partial charge in [-0.05, 0) is 36.8 Å². The second-order valence-corrected chi connectivity index (χ2v) is 8.27. The van der Waals surface area contributed by atoms with Crippen molar-refractivity contribution in [1.82, 2.24) is 0 Å². The third-order valence-corrected chi connectivity index (χ3v) is 5.66. The quantitative estimate of drug-likeness (QED) is 0.210. The number of rotatable bonds is 18. The first kappa shape index (κ1) is 27.2. The molecule has 0 atom stereocenters. The van der Waals surface area contributed by atoms with Gasteiger partial charge in [0.1, 0.15) is 0 Å². The van der Waals surface area contributed by atoms with Gasteiger partial charge in [-0.15, -0.1) is 0 Å². The summed E-state index contributed by atoms with van der Waals surface area (Å²) in [6, 6.07) is 9.51. The molecule has 0 aromatic heterocycles. The van der Waals surface area contributed by atoms with E-state index >= 15 is 0 Å². The molecule has 0 unspecified atom stereocenters. The maximum absolute atomic E-state index is 2.38. The van der Waals surface area contributed by atoms with Crippen molar-refractivity contribution in [3.05, 3.63) is 35.4 Å². The molecule has 0 saturated carbocycles. The Hall–Kier alpha value is 0.220. The van der Waals surface area contributed by atoms with Crippen LogP contribution in [0.5, 0.6) is 0 Å². The molecule has 0 bridgehead atoms. The Morgan fingerprint density at radius 2 is 0.704 bits per heavy atom. The molecule has 0 N–H and O–H groups in total. The fourth-order valence-electron chi connectivity index (χ4n) is 3.80. The van der Waals surface area contributed by atoms with Crippen molar-refractivity contribution in [3.63, 3.8) is 0 Å². The van der Waals surface area contributed by atoms with Crippen molar-refractivity contribution in [2.75, 3.05) is 0 Å². The van der Waals surface area contributed by atoms with Gasteiger partial charge >= 0.3 is 29.6 Å². The molecule has 1 rings (SSSR count). The Morgan fingerprint density at radius 1 is 0.444 bits per heavy atom. The molecular formula is C26H47Na. The second kappa shape index (κ2) is 20.9. The summed E-state index contributed by atoms with van der Waals surface area (Å²) in [5.41, 5.74) is 3.08. The minimum atomic E-state index is 0. The molecular weight excluding hydrogens is 335 g/mol. The molecule has 0 aliphatic carbocycles. The molecule has 0 spiro atoms. The molecule has 0 saturated heterocycles. The molecule has 152 valence electrons. The van der Waals surface area contributed by atoms with Crippen LogP contribution in [0.25, 0.3) is 0 Å². The Bertz CT molecular complexity index is 362. The van der Waals surface area contributed by atoms with Gasteiger partial charge in [0.2, 0.25) is 0 Å². The van der Waals surface area contributed by atoms with Gasteiger partial charge in [-0.25, -0.2) is 0 Å². The average Bonchev–Trinajstić information content (AvgIpc) is 2.67. The first-order chi connectivity index (χ1) is 12.9. The first-order valence-corrected chi connectivity index (χ1v) is 11.9. The molecule has 0 fully saturated rings. The van der Waals surface area contributed by atoms with Crippen LogP contribution in [-0.4, -0.2) is 0 Å². The van der Waals surface area contributed by atoms with Crippen LogP contribution in [0.2, 0.25) is 0 Å². The van der Waals surface area contributed by atoms with Gasteiger partial charge < -0.3 is 1.43 Å². The van der Waals surface area contributed by atoms with Gasteiger partial charge in [0, 0.05) is 0 Å². The number of benzene rings is 1. The summed E-state index contributed by atoms with van der Waals surface area (Å²) < 4.78 is 0. The summed E-state index contributed by atoms with van der Waals surface area (Å²) in [5.74, 6) is 0. The Balaban J connectivity index is 0. The van der Waals surface area contributed by atoms with Gasteiger partial charge in [-0.3, -0.25) is 0 Å². The second-order valence-electron chi connectivity index (χ2n) is 8.27. The van der Waals surface area contributed by atoms with Gasteiger partial charge in [-0.1, -0.05) is 128 Å². The summed E-state index contributed by atoms with van der Waals surface area (Å²) in [7, 11) is 0. The van der Waals surface area contributed by atoms with Crippen LogP contribution in [0.4, 0.5) is 0 Å². The summed E-state index contributed by atoms with van der Waals surface area (Å²) in [6.07, 6.45) is 25.2. The summed E-state index contributed by atoms with van der Waals surface area (Å²) in [4.78, 5) is 0. The van der Waals surface area contributed by atoms with E-state index < -0.39 is 0 Å². The molecule has 0 amide bonds. The third-order valence-electron chi connectivity index (χ3n) is 5.66. The van der Waals surface area contributed by atoms with Crippen molar-refractivity contribution in [2.45, 2.75) is 129 Å². The fraction of sp³-hybridized carbons (Fsp3) is 0.769. The molecule has 0 aliphatic rings. The molecule has 0 aliphatic heterocycles. The number of hydrogen-bond donors (Lipinski definition) is 0. The average molecular weight is 383 g/mol. The molecule has 27 heavy (non-hydrogen) atoms. The SMILES string of the molecule is CCCCCCCCCCc1ccc(CCCCCCCCCC)cc1.[H-].[Na+]. The van der Waals surface area contributed by atoms with Crippen molar-refractivity contribution in [3.8, 4) is 0 Å². The van der Waals surface area contributed by atoms with Crippen molar-refractivity contribution in [1.29, 1.82) is 0 Å². The Kier molecular flexibility index (Phi) is 21.1. The van der Waals surface area contributed by atoms with E-state index in [4.69, 9.17) is 0 Å². The van der Waals surface area contributed by atoms with Crippen LogP contribution in [0.1, 0.15) is 129 Å². The van der Waals surface area contributed by atoms with Gasteiger partial charge in [0.25, 0.3) is 0 Å². The van der Waals surface area contributed by atoms with E-state index in [-0.39, 0.29) is 31.0 Å². The Labute approximate surface area is 195 Å². The predicted molar refractivity (Wildman–Crippen MR) is 120 cm³/mol. The minimum absolute atomic E-state index is 0. The van der Waals surface area contributed by atoms with Crippen LogP contribution in [-0.2, 0) is 12.8 Å². The van der Waals surface area contributed by atoms with E-state index in [1.165, 1.54) is 127 Å². The van der Waals surface area contributed by atoms with E-state index in [1.54, 1.807) is 0 Å². The van der Waals surface area contributed by atoms with E-state index in [1.807, 2.05) is 0 Å². The standard InChI is InChI=1S/C26H46.Na.H/c1-3-5-7-9-11-13-15-17-19-25-21-23-26(24-22-25)20-18-16-14-12-10-8-6-4-2;;/h21-24H,3-20H2,1-2H3;;/q;+1;-1. The number of hydrogen-bond acceptors (Lipinski definition) is 0. The van der Waals surface area contributed by atoms with Crippen LogP contribution in [0, 0.1) is 0 Å². The van der Waals surface area contributed by atoms with Crippen LogP contribution < -0.4 is 29.6 Å². The van der Waals surface area contributed by atoms with E-state index in [9.17, 15) is 0 Å². The van der Waals surface area contributed by atoms with Gasteiger partial charge in [0.15, 0.2) is 0 Å². The van der Waals surface area contributed by atoms with Crippen molar-refractivity contribution < 1.29 is 31.0 Å². The fourth-order valence-corrected chi connectivity index (χ4v) is 3.80. The molecule has 0 heterocycles. The molecule has 0 nitrogen and oxygen atoms in total. The topological polar surface area (TPSA) is 0 Å². The largest absolute Gasteiger partial charge is 1.00 e. The van der Waals surface area contributed by atoms with E-state index in [2.05, 4.69) is 38.1 Å². The first-order valence-electron chi connectivity index (χ1n) is 11.9. The molecule has 0 radical (unpaired) electrons. The maximum Gasteiger partial charge on any atom is 1.00 e. The van der Waals surface area contributed by atoms with E-state index in [0.29, 0.717) is 0 Å². The number of aryl methyl sites for hydroxylation is 2. The van der Waals surface area contributed by atoms with Gasteiger partial charge in [-0.2, -0.15) is 0 Å². The van der Waals surface area contributed by atoms with Crippen molar-refractivity contribution >= 4 is 0 Å². The van der Waals surface area contributed by atoms with E-state index in [0.717, 1.165) is 0 Å².